The molecule has 26 heavy (non-hydrogen) atoms. The Morgan fingerprint density at radius 3 is 2.38 bits per heavy atom. The Balaban J connectivity index is 2.47. The molecule has 0 radical (unpaired) electrons. The lowest BCUT2D eigenvalue weighted by molar-refractivity contribution is 0.102. The van der Waals surface area contributed by atoms with Crippen LogP contribution in [0.15, 0.2) is 30.3 Å². The fourth-order valence-electron chi connectivity index (χ4n) is 2.41. The van der Waals surface area contributed by atoms with E-state index in [1.54, 1.807) is 0 Å². The molecule has 0 aromatic heterocycles. The van der Waals surface area contributed by atoms with Gasteiger partial charge in [-0.25, -0.2) is 4.39 Å². The molecule has 0 bridgehead atoms. The Bertz CT molecular complexity index is 819. The highest BCUT2D eigenvalue weighted by Gasteiger charge is 2.21. The van der Waals surface area contributed by atoms with Crippen LogP contribution in [-0.4, -0.2) is 24.4 Å². The minimum absolute atomic E-state index is 0.144. The van der Waals surface area contributed by atoms with Gasteiger partial charge in [0.15, 0.2) is 17.3 Å². The fraction of sp³-hybridized carbons (Fsp3) is 0.316. The van der Waals surface area contributed by atoms with E-state index >= 15 is 0 Å². The van der Waals surface area contributed by atoms with Crippen molar-refractivity contribution in [1.29, 1.82) is 0 Å². The van der Waals surface area contributed by atoms with Crippen molar-refractivity contribution in [1.82, 2.24) is 0 Å². The maximum absolute atomic E-state index is 13.2. The number of carbonyl (C=O) groups excluding carboxylic acids is 1. The van der Waals surface area contributed by atoms with Crippen molar-refractivity contribution >= 4 is 29.2 Å². The van der Waals surface area contributed by atoms with Gasteiger partial charge < -0.3 is 19.9 Å². The van der Waals surface area contributed by atoms with E-state index < -0.39 is 17.5 Å². The Labute approximate surface area is 157 Å². The van der Waals surface area contributed by atoms with Crippen LogP contribution in [0.4, 0.5) is 15.8 Å². The third-order valence-electron chi connectivity index (χ3n) is 3.83. The first-order chi connectivity index (χ1) is 12.2. The molecule has 2 aromatic rings. The number of anilines is 2. The quantitative estimate of drug-likeness (QED) is 0.653. The molecule has 3 N–H and O–H groups in total. The normalized spacial score (nSPS) is 11.2. The summed E-state index contributed by atoms with van der Waals surface area (Å²) in [6.45, 7) is 6.21. The Hall–Kier alpha value is -2.41. The number of benzene rings is 2. The number of nitrogens with one attached hydrogen (secondary N) is 2. The van der Waals surface area contributed by atoms with Gasteiger partial charge in [-0.3, -0.25) is 4.79 Å². The van der Waals surface area contributed by atoms with Gasteiger partial charge in [0.2, 0.25) is 0 Å². The highest BCUT2D eigenvalue weighted by molar-refractivity contribution is 7.99. The van der Waals surface area contributed by atoms with E-state index in [0.717, 1.165) is 23.4 Å². The van der Waals surface area contributed by atoms with Crippen LogP contribution in [0.1, 0.15) is 36.7 Å². The van der Waals surface area contributed by atoms with Crippen LogP contribution in [0.3, 0.4) is 0 Å². The summed E-state index contributed by atoms with van der Waals surface area (Å²) in [6, 6.07) is 7.28. The van der Waals surface area contributed by atoms with Crippen LogP contribution < -0.4 is 14.8 Å². The van der Waals surface area contributed by atoms with Gasteiger partial charge in [-0.05, 0) is 41.3 Å². The van der Waals surface area contributed by atoms with Crippen LogP contribution in [-0.2, 0) is 5.41 Å². The zero-order chi connectivity index (χ0) is 19.5. The van der Waals surface area contributed by atoms with Crippen LogP contribution in [0, 0.1) is 5.82 Å². The molecule has 0 fully saturated rings. The molecule has 0 saturated heterocycles. The lowest BCUT2D eigenvalue weighted by Crippen LogP contribution is -2.16. The highest BCUT2D eigenvalue weighted by atomic mass is 32.2. The molecule has 0 saturated carbocycles. The number of aromatic hydroxyl groups is 1. The van der Waals surface area contributed by atoms with Gasteiger partial charge in [0.25, 0.3) is 5.91 Å². The largest absolute Gasteiger partial charge is 0.505 e. The van der Waals surface area contributed by atoms with E-state index in [4.69, 9.17) is 4.74 Å². The fourth-order valence-corrected chi connectivity index (χ4v) is 2.78. The van der Waals surface area contributed by atoms with Crippen molar-refractivity contribution in [2.24, 2.45) is 0 Å². The Kier molecular flexibility index (Phi) is 6.02. The van der Waals surface area contributed by atoms with Gasteiger partial charge in [0, 0.05) is 11.8 Å². The van der Waals surface area contributed by atoms with Crippen molar-refractivity contribution in [3.05, 3.63) is 47.3 Å². The first kappa shape index (κ1) is 19.9. The summed E-state index contributed by atoms with van der Waals surface area (Å²) >= 11 is 1.41. The standard InChI is InChI=1S/C19H23FN2O3S/c1-19(2,3)12-9-14(17(25-4)15(10-12)22-26-5)21-18(24)11-6-7-13(20)16(23)8-11/h6-10,22-23H,1-5H3,(H,21,24). The molecular weight excluding hydrogens is 355 g/mol. The van der Waals surface area contributed by atoms with Crippen LogP contribution in [0.25, 0.3) is 0 Å². The topological polar surface area (TPSA) is 70.6 Å². The van der Waals surface area contributed by atoms with Crippen molar-refractivity contribution < 1.29 is 19.0 Å². The molecule has 140 valence electrons. The zero-order valence-corrected chi connectivity index (χ0v) is 16.3. The third kappa shape index (κ3) is 4.40. The first-order valence-electron chi connectivity index (χ1n) is 7.98. The SMILES string of the molecule is COc1c(NSC)cc(C(C)(C)C)cc1NC(=O)c1ccc(F)c(O)c1. The van der Waals surface area contributed by atoms with Crippen LogP contribution >= 0.6 is 11.9 Å². The number of rotatable bonds is 5. The monoisotopic (exact) mass is 378 g/mol. The molecule has 0 aliphatic carbocycles. The smallest absolute Gasteiger partial charge is 0.255 e. The summed E-state index contributed by atoms with van der Waals surface area (Å²) in [5.74, 6) is -1.33. The van der Waals surface area contributed by atoms with Crippen LogP contribution in [0.2, 0.25) is 0 Å². The Morgan fingerprint density at radius 2 is 1.85 bits per heavy atom. The minimum atomic E-state index is -0.777. The second-order valence-electron chi connectivity index (χ2n) is 6.78. The van der Waals surface area contributed by atoms with E-state index in [2.05, 4.69) is 30.8 Å². The number of amides is 1. The summed E-state index contributed by atoms with van der Waals surface area (Å²) < 4.78 is 21.9. The number of methoxy groups -OCH3 is 1. The van der Waals surface area contributed by atoms with E-state index in [1.165, 1.54) is 25.1 Å². The number of hydrogen-bond donors (Lipinski definition) is 3. The predicted molar refractivity (Wildman–Crippen MR) is 105 cm³/mol. The molecule has 5 nitrogen and oxygen atoms in total. The van der Waals surface area contributed by atoms with Gasteiger partial charge >= 0.3 is 0 Å². The van der Waals surface area contributed by atoms with Gasteiger partial charge in [0.1, 0.15) is 0 Å². The van der Waals surface area contributed by atoms with Gasteiger partial charge in [-0.1, -0.05) is 32.7 Å². The molecule has 0 spiro atoms. The zero-order valence-electron chi connectivity index (χ0n) is 15.4. The number of phenolic OH excluding ortho intramolecular Hbond substituents is 1. The summed E-state index contributed by atoms with van der Waals surface area (Å²) in [4.78, 5) is 12.6. The van der Waals surface area contributed by atoms with Gasteiger partial charge in [0.05, 0.1) is 18.5 Å². The minimum Gasteiger partial charge on any atom is -0.505 e. The molecule has 0 aliphatic rings. The number of ether oxygens (including phenoxy) is 1. The molecule has 7 heteroatoms. The molecule has 0 heterocycles. The van der Waals surface area contributed by atoms with Crippen molar-refractivity contribution in [3.63, 3.8) is 0 Å². The maximum atomic E-state index is 13.2. The van der Waals surface area contributed by atoms with Crippen molar-refractivity contribution in [3.8, 4) is 11.5 Å². The average Bonchev–Trinajstić information content (AvgIpc) is 2.56. The number of phenols is 1. The summed E-state index contributed by atoms with van der Waals surface area (Å²) in [5.41, 5.74) is 2.24. The predicted octanol–water partition coefficient (Wildman–Crippen LogP) is 4.78. The second kappa shape index (κ2) is 7.86. The molecule has 0 aliphatic heterocycles. The average molecular weight is 378 g/mol. The maximum Gasteiger partial charge on any atom is 0.255 e. The summed E-state index contributed by atoms with van der Waals surface area (Å²) in [5, 5.41) is 12.3. The summed E-state index contributed by atoms with van der Waals surface area (Å²) in [7, 11) is 1.52. The van der Waals surface area contributed by atoms with Crippen LogP contribution in [0.5, 0.6) is 11.5 Å². The summed E-state index contributed by atoms with van der Waals surface area (Å²) in [6.07, 6.45) is 1.89. The molecule has 0 unspecified atom stereocenters. The highest BCUT2D eigenvalue weighted by Crippen LogP contribution is 2.39. The van der Waals surface area contributed by atoms with E-state index in [9.17, 15) is 14.3 Å². The molecule has 2 rings (SSSR count). The van der Waals surface area contributed by atoms with E-state index in [0.29, 0.717) is 11.4 Å². The molecule has 2 aromatic carbocycles. The number of carbonyl (C=O) groups is 1. The number of halogens is 1. The molecule has 0 atom stereocenters. The lowest BCUT2D eigenvalue weighted by atomic mass is 9.86. The van der Waals surface area contributed by atoms with Crippen molar-refractivity contribution in [2.75, 3.05) is 23.4 Å². The number of hydrogen-bond acceptors (Lipinski definition) is 5. The van der Waals surface area contributed by atoms with E-state index in [1.807, 2.05) is 18.4 Å². The first-order valence-corrected chi connectivity index (χ1v) is 9.21. The lowest BCUT2D eigenvalue weighted by Gasteiger charge is -2.23. The van der Waals surface area contributed by atoms with Gasteiger partial charge in [-0.2, -0.15) is 0 Å². The molecule has 1 amide bonds. The second-order valence-corrected chi connectivity index (χ2v) is 7.39. The van der Waals surface area contributed by atoms with E-state index in [-0.39, 0.29) is 11.0 Å². The molecular formula is C19H23FN2O3S. The van der Waals surface area contributed by atoms with Gasteiger partial charge in [-0.15, -0.1) is 0 Å². The Morgan fingerprint density at radius 1 is 1.19 bits per heavy atom. The third-order valence-corrected chi connectivity index (χ3v) is 4.25. The van der Waals surface area contributed by atoms with Crippen molar-refractivity contribution in [2.45, 2.75) is 26.2 Å².